The number of aryl methyl sites for hydroxylation is 1. The van der Waals surface area contributed by atoms with Crippen LogP contribution in [0.1, 0.15) is 31.0 Å². The van der Waals surface area contributed by atoms with Crippen molar-refractivity contribution >= 4 is 27.5 Å². The third-order valence-corrected chi connectivity index (χ3v) is 3.79. The van der Waals surface area contributed by atoms with Crippen LogP contribution in [0.3, 0.4) is 0 Å². The normalized spacial score (nSPS) is 10.8. The molecule has 1 heterocycles. The minimum absolute atomic E-state index is 0.333. The molecule has 0 aliphatic carbocycles. The molecule has 0 aliphatic heterocycles. The highest BCUT2D eigenvalue weighted by Gasteiger charge is 2.14. The van der Waals surface area contributed by atoms with Gasteiger partial charge in [0.1, 0.15) is 0 Å². The van der Waals surface area contributed by atoms with Crippen LogP contribution in [0, 0.1) is 0 Å². The maximum Gasteiger partial charge on any atom is 0.223 e. The van der Waals surface area contributed by atoms with Gasteiger partial charge in [0, 0.05) is 22.2 Å². The predicted octanol–water partition coefficient (Wildman–Crippen LogP) is 5.08. The quantitative estimate of drug-likeness (QED) is 0.535. The molecule has 106 valence electrons. The zero-order valence-electron chi connectivity index (χ0n) is 11.6. The fraction of sp³-hybridized carbons (Fsp3) is 0.375. The Labute approximate surface area is 133 Å². The molecule has 0 saturated carbocycles. The van der Waals surface area contributed by atoms with Crippen molar-refractivity contribution < 1.29 is 0 Å². The number of rotatable bonds is 6. The molecule has 0 saturated heterocycles. The van der Waals surface area contributed by atoms with Gasteiger partial charge in [0.25, 0.3) is 0 Å². The van der Waals surface area contributed by atoms with Crippen LogP contribution >= 0.6 is 27.5 Å². The Balaban J connectivity index is 2.52. The van der Waals surface area contributed by atoms with Crippen LogP contribution in [-0.2, 0) is 12.8 Å². The summed E-state index contributed by atoms with van der Waals surface area (Å²) in [4.78, 5) is 8.90. The van der Waals surface area contributed by atoms with E-state index >= 15 is 0 Å². The first kappa shape index (κ1) is 15.5. The summed E-state index contributed by atoms with van der Waals surface area (Å²) in [5.41, 5.74) is 4.39. The van der Waals surface area contributed by atoms with Gasteiger partial charge in [-0.05, 0) is 30.9 Å². The molecule has 0 spiro atoms. The molecular weight excluding hydrogens is 336 g/mol. The van der Waals surface area contributed by atoms with Gasteiger partial charge in [-0.25, -0.2) is 9.97 Å². The van der Waals surface area contributed by atoms with Crippen molar-refractivity contribution in [1.29, 1.82) is 0 Å². The van der Waals surface area contributed by atoms with E-state index in [2.05, 4.69) is 45.0 Å². The molecule has 0 fully saturated rings. The summed E-state index contributed by atoms with van der Waals surface area (Å²) in [6, 6.07) is 10.2. The van der Waals surface area contributed by atoms with Crippen LogP contribution in [-0.4, -0.2) is 15.3 Å². The molecule has 0 amide bonds. The highest BCUT2D eigenvalue weighted by molar-refractivity contribution is 9.09. The van der Waals surface area contributed by atoms with Gasteiger partial charge in [-0.1, -0.05) is 59.6 Å². The Bertz CT molecular complexity index is 558. The summed E-state index contributed by atoms with van der Waals surface area (Å²) in [6.45, 7) is 2.20. The molecule has 0 N–H and O–H groups in total. The first-order chi connectivity index (χ1) is 9.76. The first-order valence-electron chi connectivity index (χ1n) is 6.93. The van der Waals surface area contributed by atoms with Gasteiger partial charge in [0.2, 0.25) is 5.28 Å². The largest absolute Gasteiger partial charge is 0.223 e. The van der Waals surface area contributed by atoms with Gasteiger partial charge in [0.15, 0.2) is 0 Å². The predicted molar refractivity (Wildman–Crippen MR) is 88.6 cm³/mol. The van der Waals surface area contributed by atoms with Crippen LogP contribution in [0.4, 0.5) is 0 Å². The number of halogens is 2. The van der Waals surface area contributed by atoms with Gasteiger partial charge >= 0.3 is 0 Å². The van der Waals surface area contributed by atoms with Crippen LogP contribution in [0.15, 0.2) is 30.3 Å². The summed E-state index contributed by atoms with van der Waals surface area (Å²) < 4.78 is 0. The number of aromatic nitrogens is 2. The molecule has 2 aromatic rings. The number of benzene rings is 1. The van der Waals surface area contributed by atoms with E-state index in [4.69, 9.17) is 11.6 Å². The molecule has 0 bridgehead atoms. The van der Waals surface area contributed by atoms with E-state index in [0.29, 0.717) is 5.28 Å². The zero-order chi connectivity index (χ0) is 14.4. The lowest BCUT2D eigenvalue weighted by Gasteiger charge is -2.13. The van der Waals surface area contributed by atoms with Crippen molar-refractivity contribution in [2.75, 3.05) is 5.33 Å². The van der Waals surface area contributed by atoms with Gasteiger partial charge in [-0.15, -0.1) is 0 Å². The topological polar surface area (TPSA) is 25.8 Å². The standard InChI is InChI=1S/C16H18BrClN2/c1-2-3-9-13-14(10-11-17)19-16(18)20-15(13)12-7-5-4-6-8-12/h4-8H,2-3,9-11H2,1H3. The summed E-state index contributed by atoms with van der Waals surface area (Å²) >= 11 is 9.59. The van der Waals surface area contributed by atoms with E-state index in [0.717, 1.165) is 48.0 Å². The average molecular weight is 354 g/mol. The van der Waals surface area contributed by atoms with Crippen LogP contribution in [0.2, 0.25) is 5.28 Å². The number of nitrogens with zero attached hydrogens (tertiary/aromatic N) is 2. The Kier molecular flexibility index (Phi) is 5.99. The van der Waals surface area contributed by atoms with E-state index in [1.165, 1.54) is 5.56 Å². The second-order valence-electron chi connectivity index (χ2n) is 4.68. The lowest BCUT2D eigenvalue weighted by molar-refractivity contribution is 0.776. The maximum absolute atomic E-state index is 6.10. The van der Waals surface area contributed by atoms with Crippen LogP contribution in [0.25, 0.3) is 11.3 Å². The smallest absolute Gasteiger partial charge is 0.223 e. The van der Waals surface area contributed by atoms with Gasteiger partial charge in [0.05, 0.1) is 5.69 Å². The molecule has 4 heteroatoms. The van der Waals surface area contributed by atoms with Crippen molar-refractivity contribution in [3.63, 3.8) is 0 Å². The second kappa shape index (κ2) is 7.75. The summed E-state index contributed by atoms with van der Waals surface area (Å²) in [5.74, 6) is 0. The van der Waals surface area contributed by atoms with E-state index < -0.39 is 0 Å². The SMILES string of the molecule is CCCCc1c(CCBr)nc(Cl)nc1-c1ccccc1. The van der Waals surface area contributed by atoms with Crippen molar-refractivity contribution in [3.8, 4) is 11.3 Å². The van der Waals surface area contributed by atoms with Gasteiger partial charge in [-0.3, -0.25) is 0 Å². The lowest BCUT2D eigenvalue weighted by atomic mass is 9.99. The molecule has 0 unspecified atom stereocenters. The van der Waals surface area contributed by atoms with Crippen molar-refractivity contribution in [3.05, 3.63) is 46.9 Å². The highest BCUT2D eigenvalue weighted by atomic mass is 79.9. The average Bonchev–Trinajstić information content (AvgIpc) is 2.47. The van der Waals surface area contributed by atoms with Crippen molar-refractivity contribution in [2.45, 2.75) is 32.6 Å². The summed E-state index contributed by atoms with van der Waals surface area (Å²) in [5, 5.41) is 1.22. The zero-order valence-corrected chi connectivity index (χ0v) is 13.9. The van der Waals surface area contributed by atoms with E-state index in [1.54, 1.807) is 0 Å². The molecule has 1 aromatic heterocycles. The fourth-order valence-corrected chi connectivity index (χ4v) is 2.81. The molecule has 20 heavy (non-hydrogen) atoms. The monoisotopic (exact) mass is 352 g/mol. The van der Waals surface area contributed by atoms with Crippen molar-refractivity contribution in [2.24, 2.45) is 0 Å². The molecule has 2 rings (SSSR count). The molecule has 0 aliphatic rings. The fourth-order valence-electron chi connectivity index (χ4n) is 2.25. The third kappa shape index (κ3) is 3.80. The van der Waals surface area contributed by atoms with E-state index in [1.807, 2.05) is 18.2 Å². The van der Waals surface area contributed by atoms with Crippen molar-refractivity contribution in [1.82, 2.24) is 9.97 Å². The Morgan fingerprint density at radius 2 is 1.85 bits per heavy atom. The van der Waals surface area contributed by atoms with Gasteiger partial charge < -0.3 is 0 Å². The molecular formula is C16H18BrClN2. The molecule has 1 aromatic carbocycles. The van der Waals surface area contributed by atoms with Crippen LogP contribution < -0.4 is 0 Å². The minimum Gasteiger partial charge on any atom is -0.223 e. The summed E-state index contributed by atoms with van der Waals surface area (Å²) in [7, 11) is 0. The number of hydrogen-bond acceptors (Lipinski definition) is 2. The lowest BCUT2D eigenvalue weighted by Crippen LogP contribution is -2.05. The van der Waals surface area contributed by atoms with E-state index in [9.17, 15) is 0 Å². The Hall–Kier alpha value is -0.930. The first-order valence-corrected chi connectivity index (χ1v) is 8.43. The number of hydrogen-bond donors (Lipinski definition) is 0. The number of unbranched alkanes of at least 4 members (excludes halogenated alkanes) is 1. The van der Waals surface area contributed by atoms with Gasteiger partial charge in [-0.2, -0.15) is 0 Å². The molecule has 0 radical (unpaired) electrons. The number of alkyl halides is 1. The second-order valence-corrected chi connectivity index (χ2v) is 5.81. The van der Waals surface area contributed by atoms with Crippen LogP contribution in [0.5, 0.6) is 0 Å². The Morgan fingerprint density at radius 3 is 2.50 bits per heavy atom. The Morgan fingerprint density at radius 1 is 1.10 bits per heavy atom. The minimum atomic E-state index is 0.333. The van der Waals surface area contributed by atoms with E-state index in [-0.39, 0.29) is 0 Å². The summed E-state index contributed by atoms with van der Waals surface area (Å²) in [6.07, 6.45) is 4.17. The maximum atomic E-state index is 6.10. The highest BCUT2D eigenvalue weighted by Crippen LogP contribution is 2.27. The molecule has 2 nitrogen and oxygen atoms in total. The third-order valence-electron chi connectivity index (χ3n) is 3.22. The molecule has 0 atom stereocenters.